The summed E-state index contributed by atoms with van der Waals surface area (Å²) in [6.45, 7) is 2.82. The van der Waals surface area contributed by atoms with Crippen molar-refractivity contribution in [2.45, 2.75) is 13.3 Å². The van der Waals surface area contributed by atoms with Crippen molar-refractivity contribution in [3.63, 3.8) is 0 Å². The summed E-state index contributed by atoms with van der Waals surface area (Å²) in [5.74, 6) is 1.61. The van der Waals surface area contributed by atoms with Gasteiger partial charge in [-0.05, 0) is 19.1 Å². The molecule has 2 aromatic carbocycles. The molecule has 4 nitrogen and oxygen atoms in total. The molecule has 0 saturated heterocycles. The summed E-state index contributed by atoms with van der Waals surface area (Å²) >= 11 is 1.69. The van der Waals surface area contributed by atoms with Gasteiger partial charge < -0.3 is 5.32 Å². The van der Waals surface area contributed by atoms with Crippen molar-refractivity contribution < 1.29 is 0 Å². The molecule has 0 aliphatic rings. The number of thiazole rings is 1. The smallest absolute Gasteiger partial charge is 0.162 e. The van der Waals surface area contributed by atoms with Crippen LogP contribution in [-0.4, -0.2) is 21.5 Å². The molecule has 0 aliphatic heterocycles. The second kappa shape index (κ2) is 6.99. The first-order valence-corrected chi connectivity index (χ1v) is 9.14. The average molecular weight is 346 g/mol. The molecule has 0 aliphatic carbocycles. The summed E-state index contributed by atoms with van der Waals surface area (Å²) in [6.07, 6.45) is 0.878. The van der Waals surface area contributed by atoms with Gasteiger partial charge in [0.15, 0.2) is 5.82 Å². The molecule has 4 rings (SSSR count). The van der Waals surface area contributed by atoms with E-state index in [9.17, 15) is 0 Å². The lowest BCUT2D eigenvalue weighted by Gasteiger charge is -2.10. The maximum atomic E-state index is 4.77. The third-order valence-corrected chi connectivity index (χ3v) is 4.80. The largest absolute Gasteiger partial charge is 0.369 e. The van der Waals surface area contributed by atoms with Gasteiger partial charge in [0, 0.05) is 29.3 Å². The van der Waals surface area contributed by atoms with Crippen LogP contribution in [0.3, 0.4) is 0 Å². The number of aromatic nitrogens is 3. The number of hydrogen-bond donors (Lipinski definition) is 1. The molecule has 124 valence electrons. The topological polar surface area (TPSA) is 50.7 Å². The number of benzene rings is 2. The Morgan fingerprint density at radius 1 is 0.920 bits per heavy atom. The van der Waals surface area contributed by atoms with Gasteiger partial charge in [-0.25, -0.2) is 15.0 Å². The first kappa shape index (κ1) is 15.7. The molecule has 2 aromatic heterocycles. The molecule has 0 unspecified atom stereocenters. The van der Waals surface area contributed by atoms with Crippen LogP contribution >= 0.6 is 11.3 Å². The molecule has 0 atom stereocenters. The van der Waals surface area contributed by atoms with Crippen LogP contribution in [0.1, 0.15) is 10.7 Å². The Labute approximate surface area is 150 Å². The van der Waals surface area contributed by atoms with E-state index in [1.807, 2.05) is 55.5 Å². The second-order valence-electron chi connectivity index (χ2n) is 5.81. The van der Waals surface area contributed by atoms with Crippen LogP contribution in [0, 0.1) is 6.92 Å². The molecule has 0 bridgehead atoms. The van der Waals surface area contributed by atoms with Crippen LogP contribution < -0.4 is 5.32 Å². The van der Waals surface area contributed by atoms with E-state index in [-0.39, 0.29) is 0 Å². The Bertz CT molecular complexity index is 995. The van der Waals surface area contributed by atoms with Crippen molar-refractivity contribution in [1.29, 1.82) is 0 Å². The van der Waals surface area contributed by atoms with Crippen molar-refractivity contribution in [2.75, 3.05) is 11.9 Å². The van der Waals surface area contributed by atoms with Crippen molar-refractivity contribution in [1.82, 2.24) is 15.0 Å². The fourth-order valence-electron chi connectivity index (χ4n) is 2.76. The Kier molecular flexibility index (Phi) is 4.39. The minimum atomic E-state index is 0.742. The Hall–Kier alpha value is -2.79. The number of nitrogens with zero attached hydrogens (tertiary/aromatic N) is 3. The summed E-state index contributed by atoms with van der Waals surface area (Å²) in [6, 6.07) is 18.2. The molecule has 0 amide bonds. The van der Waals surface area contributed by atoms with Gasteiger partial charge >= 0.3 is 0 Å². The SMILES string of the molecule is Cc1nc(CCNc2nc(-c3ccccc3)nc3ccccc23)cs1. The van der Waals surface area contributed by atoms with Crippen molar-refractivity contribution >= 4 is 28.1 Å². The highest BCUT2D eigenvalue weighted by Gasteiger charge is 2.09. The highest BCUT2D eigenvalue weighted by atomic mass is 32.1. The Morgan fingerprint density at radius 2 is 1.72 bits per heavy atom. The third kappa shape index (κ3) is 3.51. The maximum Gasteiger partial charge on any atom is 0.162 e. The van der Waals surface area contributed by atoms with Crippen LogP contribution in [0.2, 0.25) is 0 Å². The van der Waals surface area contributed by atoms with E-state index in [4.69, 9.17) is 9.97 Å². The fourth-order valence-corrected chi connectivity index (χ4v) is 3.41. The molecule has 2 heterocycles. The molecule has 4 aromatic rings. The van der Waals surface area contributed by atoms with E-state index in [2.05, 4.69) is 21.7 Å². The quantitative estimate of drug-likeness (QED) is 0.568. The van der Waals surface area contributed by atoms with E-state index in [1.54, 1.807) is 11.3 Å². The van der Waals surface area contributed by atoms with E-state index >= 15 is 0 Å². The number of anilines is 1. The van der Waals surface area contributed by atoms with Crippen LogP contribution in [0.25, 0.3) is 22.3 Å². The van der Waals surface area contributed by atoms with E-state index in [1.165, 1.54) is 0 Å². The van der Waals surface area contributed by atoms with Crippen molar-refractivity contribution in [3.8, 4) is 11.4 Å². The molecule has 1 N–H and O–H groups in total. The number of aryl methyl sites for hydroxylation is 1. The molecule has 5 heteroatoms. The van der Waals surface area contributed by atoms with Gasteiger partial charge in [0.1, 0.15) is 5.82 Å². The van der Waals surface area contributed by atoms with Gasteiger partial charge in [-0.1, -0.05) is 42.5 Å². The lowest BCUT2D eigenvalue weighted by Crippen LogP contribution is -2.08. The highest BCUT2D eigenvalue weighted by Crippen LogP contribution is 2.24. The third-order valence-electron chi connectivity index (χ3n) is 3.98. The lowest BCUT2D eigenvalue weighted by molar-refractivity contribution is 0.961. The number of hydrogen-bond acceptors (Lipinski definition) is 5. The van der Waals surface area contributed by atoms with Gasteiger partial charge in [0.05, 0.1) is 16.2 Å². The predicted octanol–water partition coefficient (Wildman–Crippen LogP) is 4.72. The van der Waals surface area contributed by atoms with Crippen LogP contribution in [0.4, 0.5) is 5.82 Å². The Balaban J connectivity index is 1.64. The summed E-state index contributed by atoms with van der Waals surface area (Å²) in [4.78, 5) is 14.0. The van der Waals surface area contributed by atoms with Crippen LogP contribution in [0.5, 0.6) is 0 Å². The second-order valence-corrected chi connectivity index (χ2v) is 6.88. The van der Waals surface area contributed by atoms with Crippen LogP contribution in [0.15, 0.2) is 60.0 Å². The van der Waals surface area contributed by atoms with Gasteiger partial charge in [-0.3, -0.25) is 0 Å². The monoisotopic (exact) mass is 346 g/mol. The van der Waals surface area contributed by atoms with E-state index < -0.39 is 0 Å². The number of nitrogens with one attached hydrogen (secondary N) is 1. The van der Waals surface area contributed by atoms with Gasteiger partial charge in [-0.2, -0.15) is 0 Å². The van der Waals surface area contributed by atoms with Crippen LogP contribution in [-0.2, 0) is 6.42 Å². The molecule has 0 saturated carbocycles. The highest BCUT2D eigenvalue weighted by molar-refractivity contribution is 7.09. The maximum absolute atomic E-state index is 4.77. The zero-order valence-electron chi connectivity index (χ0n) is 13.9. The van der Waals surface area contributed by atoms with E-state index in [0.29, 0.717) is 0 Å². The van der Waals surface area contributed by atoms with Gasteiger partial charge in [0.2, 0.25) is 0 Å². The fraction of sp³-hybridized carbons (Fsp3) is 0.150. The zero-order chi connectivity index (χ0) is 17.1. The normalized spacial score (nSPS) is 10.9. The molecular formula is C20H18N4S. The standard InChI is InChI=1S/C20H18N4S/c1-14-22-16(13-25-14)11-12-21-20-17-9-5-6-10-18(17)23-19(24-20)15-7-3-2-4-8-15/h2-10,13H,11-12H2,1H3,(H,21,23,24). The first-order chi connectivity index (χ1) is 12.3. The molecule has 0 radical (unpaired) electrons. The number of para-hydroxylation sites is 1. The summed E-state index contributed by atoms with van der Waals surface area (Å²) in [7, 11) is 0. The summed E-state index contributed by atoms with van der Waals surface area (Å²) in [5, 5.41) is 7.73. The minimum absolute atomic E-state index is 0.742. The molecular weight excluding hydrogens is 328 g/mol. The number of rotatable bonds is 5. The van der Waals surface area contributed by atoms with Crippen molar-refractivity contribution in [2.24, 2.45) is 0 Å². The minimum Gasteiger partial charge on any atom is -0.369 e. The predicted molar refractivity (Wildman–Crippen MR) is 104 cm³/mol. The first-order valence-electron chi connectivity index (χ1n) is 8.27. The number of fused-ring (bicyclic) bond motifs is 1. The lowest BCUT2D eigenvalue weighted by atomic mass is 10.2. The van der Waals surface area contributed by atoms with E-state index in [0.717, 1.165) is 51.8 Å². The summed E-state index contributed by atoms with van der Waals surface area (Å²) < 4.78 is 0. The van der Waals surface area contributed by atoms with Crippen molar-refractivity contribution in [3.05, 3.63) is 70.7 Å². The zero-order valence-corrected chi connectivity index (χ0v) is 14.8. The Morgan fingerprint density at radius 3 is 2.52 bits per heavy atom. The van der Waals surface area contributed by atoms with Gasteiger partial charge in [-0.15, -0.1) is 11.3 Å². The molecule has 0 spiro atoms. The van der Waals surface area contributed by atoms with Gasteiger partial charge in [0.25, 0.3) is 0 Å². The molecule has 0 fully saturated rings. The average Bonchev–Trinajstić information content (AvgIpc) is 3.07. The molecule has 25 heavy (non-hydrogen) atoms. The summed E-state index contributed by atoms with van der Waals surface area (Å²) in [5.41, 5.74) is 3.09.